The van der Waals surface area contributed by atoms with Crippen molar-refractivity contribution < 1.29 is 18.0 Å². The summed E-state index contributed by atoms with van der Waals surface area (Å²) in [4.78, 5) is 20.0. The second-order valence-electron chi connectivity index (χ2n) is 7.64. The third-order valence-corrected chi connectivity index (χ3v) is 5.36. The highest BCUT2D eigenvalue weighted by molar-refractivity contribution is 14.0. The predicted octanol–water partition coefficient (Wildman–Crippen LogP) is 4.65. The highest BCUT2D eigenvalue weighted by Gasteiger charge is 2.30. The van der Waals surface area contributed by atoms with Gasteiger partial charge in [-0.15, -0.1) is 24.0 Å². The van der Waals surface area contributed by atoms with Gasteiger partial charge in [0, 0.05) is 46.7 Å². The number of halogens is 4. The fourth-order valence-electron chi connectivity index (χ4n) is 3.67. The highest BCUT2D eigenvalue weighted by Crippen LogP contribution is 2.29. The van der Waals surface area contributed by atoms with Crippen LogP contribution < -0.4 is 5.32 Å². The number of likely N-dealkylation sites (tertiary alicyclic amines) is 1. The Morgan fingerprint density at radius 2 is 1.78 bits per heavy atom. The Bertz CT molecular complexity index is 932. The van der Waals surface area contributed by atoms with E-state index in [2.05, 4.69) is 10.3 Å². The molecule has 1 fully saturated rings. The number of guanidine groups is 1. The second-order valence-corrected chi connectivity index (χ2v) is 7.64. The maximum absolute atomic E-state index is 12.7. The van der Waals surface area contributed by atoms with Gasteiger partial charge in [0.15, 0.2) is 5.96 Å². The number of hydrogen-bond acceptors (Lipinski definition) is 2. The maximum atomic E-state index is 12.7. The first-order valence-corrected chi connectivity index (χ1v) is 10.2. The van der Waals surface area contributed by atoms with Gasteiger partial charge in [-0.25, -0.2) is 0 Å². The van der Waals surface area contributed by atoms with E-state index in [1.807, 2.05) is 41.1 Å². The molecule has 5 nitrogen and oxygen atoms in total. The minimum atomic E-state index is -4.34. The topological polar surface area (TPSA) is 47.9 Å². The van der Waals surface area contributed by atoms with Crippen molar-refractivity contribution in [2.24, 2.45) is 4.99 Å². The molecular weight excluding hydrogens is 532 g/mol. The monoisotopic (exact) mass is 560 g/mol. The lowest BCUT2D eigenvalue weighted by atomic mass is 10.1. The van der Waals surface area contributed by atoms with Gasteiger partial charge in [-0.2, -0.15) is 13.2 Å². The summed E-state index contributed by atoms with van der Waals surface area (Å²) in [6.07, 6.45) is -2.82. The van der Waals surface area contributed by atoms with E-state index >= 15 is 0 Å². The minimum Gasteiger partial charge on any atom is -0.352 e. The second kappa shape index (κ2) is 11.5. The molecule has 9 heteroatoms. The molecule has 1 aliphatic rings. The van der Waals surface area contributed by atoms with Crippen LogP contribution in [0.2, 0.25) is 0 Å². The summed E-state index contributed by atoms with van der Waals surface area (Å²) >= 11 is 0. The first-order valence-electron chi connectivity index (χ1n) is 10.2. The minimum absolute atomic E-state index is 0. The van der Waals surface area contributed by atoms with E-state index in [1.165, 1.54) is 12.1 Å². The molecule has 3 rings (SSSR count). The quantitative estimate of drug-likeness (QED) is 0.318. The Hall–Kier alpha value is -2.30. The molecule has 0 aromatic heterocycles. The molecule has 0 radical (unpaired) electrons. The zero-order valence-electron chi connectivity index (χ0n) is 18.2. The molecule has 0 atom stereocenters. The van der Waals surface area contributed by atoms with E-state index in [1.54, 1.807) is 7.05 Å². The van der Waals surface area contributed by atoms with Gasteiger partial charge < -0.3 is 15.1 Å². The lowest BCUT2D eigenvalue weighted by molar-refractivity contribution is -0.137. The standard InChI is InChI=1S/C23H27F3N4O.HI/c1-27-22(29(2)15-17-9-11-20(12-10-17)23(24,25)26)28-14-18-6-3-4-7-19(18)16-30-13-5-8-21(30)31;/h3-4,6-7,9-12H,5,8,13-16H2,1-2H3,(H,27,28);1H. The van der Waals surface area contributed by atoms with E-state index in [4.69, 9.17) is 0 Å². The molecule has 0 saturated carbocycles. The van der Waals surface area contributed by atoms with Crippen LogP contribution in [-0.4, -0.2) is 42.3 Å². The molecule has 1 N–H and O–H groups in total. The first-order chi connectivity index (χ1) is 14.8. The number of hydrogen-bond donors (Lipinski definition) is 1. The van der Waals surface area contributed by atoms with Gasteiger partial charge in [0.25, 0.3) is 0 Å². The SMILES string of the molecule is CN=C(NCc1ccccc1CN1CCCC1=O)N(C)Cc1ccc(C(F)(F)F)cc1.I. The molecular formula is C23H28F3IN4O. The molecule has 1 amide bonds. The average Bonchev–Trinajstić information content (AvgIpc) is 3.14. The van der Waals surface area contributed by atoms with Gasteiger partial charge in [0.2, 0.25) is 5.91 Å². The van der Waals surface area contributed by atoms with Crippen LogP contribution in [0, 0.1) is 0 Å². The van der Waals surface area contributed by atoms with Crippen LogP contribution in [0.1, 0.15) is 35.1 Å². The summed E-state index contributed by atoms with van der Waals surface area (Å²) in [7, 11) is 3.50. The van der Waals surface area contributed by atoms with Crippen molar-refractivity contribution in [3.05, 3.63) is 70.8 Å². The predicted molar refractivity (Wildman–Crippen MR) is 130 cm³/mol. The number of benzene rings is 2. The highest BCUT2D eigenvalue weighted by atomic mass is 127. The van der Waals surface area contributed by atoms with Crippen LogP contribution in [-0.2, 0) is 30.6 Å². The van der Waals surface area contributed by atoms with Crippen LogP contribution >= 0.6 is 24.0 Å². The summed E-state index contributed by atoms with van der Waals surface area (Å²) in [5.41, 5.74) is 2.26. The van der Waals surface area contributed by atoms with E-state index < -0.39 is 11.7 Å². The van der Waals surface area contributed by atoms with Crippen LogP contribution in [0.5, 0.6) is 0 Å². The van der Waals surface area contributed by atoms with E-state index in [-0.39, 0.29) is 29.9 Å². The number of carbonyl (C=O) groups is 1. The Kier molecular flexibility index (Phi) is 9.35. The zero-order chi connectivity index (χ0) is 22.4. The number of nitrogens with zero attached hydrogens (tertiary/aromatic N) is 3. The molecule has 1 heterocycles. The Morgan fingerprint density at radius 3 is 2.34 bits per heavy atom. The summed E-state index contributed by atoms with van der Waals surface area (Å²) in [5.74, 6) is 0.821. The number of rotatable bonds is 6. The van der Waals surface area contributed by atoms with Gasteiger partial charge in [0.1, 0.15) is 0 Å². The van der Waals surface area contributed by atoms with Gasteiger partial charge in [0.05, 0.1) is 5.56 Å². The Labute approximate surface area is 203 Å². The molecule has 1 aliphatic heterocycles. The van der Waals surface area contributed by atoms with Crippen molar-refractivity contribution in [1.82, 2.24) is 15.1 Å². The van der Waals surface area contributed by atoms with Gasteiger partial charge >= 0.3 is 6.18 Å². The molecule has 0 unspecified atom stereocenters. The van der Waals surface area contributed by atoms with Gasteiger partial charge in [-0.05, 0) is 35.2 Å². The fraction of sp³-hybridized carbons (Fsp3) is 0.391. The summed E-state index contributed by atoms with van der Waals surface area (Å²) in [6, 6.07) is 13.1. The van der Waals surface area contributed by atoms with Crippen molar-refractivity contribution in [2.75, 3.05) is 20.6 Å². The van der Waals surface area contributed by atoms with E-state index in [0.717, 1.165) is 41.8 Å². The summed E-state index contributed by atoms with van der Waals surface area (Å²) in [6.45, 7) is 2.33. The molecule has 32 heavy (non-hydrogen) atoms. The third kappa shape index (κ3) is 6.85. The molecule has 1 saturated heterocycles. The third-order valence-electron chi connectivity index (χ3n) is 5.36. The summed E-state index contributed by atoms with van der Waals surface area (Å²) in [5, 5.41) is 3.31. The normalized spacial score (nSPS) is 14.3. The van der Waals surface area contributed by atoms with Crippen molar-refractivity contribution in [1.29, 1.82) is 0 Å². The Morgan fingerprint density at radius 1 is 1.12 bits per heavy atom. The number of aliphatic imine (C=N–C) groups is 1. The summed E-state index contributed by atoms with van der Waals surface area (Å²) < 4.78 is 38.2. The molecule has 0 bridgehead atoms. The number of amides is 1. The molecule has 0 aliphatic carbocycles. The van der Waals surface area contributed by atoms with Crippen LogP contribution in [0.15, 0.2) is 53.5 Å². The van der Waals surface area contributed by atoms with Gasteiger partial charge in [-0.3, -0.25) is 9.79 Å². The molecule has 2 aromatic carbocycles. The fourth-order valence-corrected chi connectivity index (χ4v) is 3.67. The van der Waals surface area contributed by atoms with Crippen molar-refractivity contribution >= 4 is 35.8 Å². The smallest absolute Gasteiger partial charge is 0.352 e. The first kappa shape index (κ1) is 26.0. The van der Waals surface area contributed by atoms with Crippen molar-refractivity contribution in [2.45, 2.75) is 38.7 Å². The zero-order valence-corrected chi connectivity index (χ0v) is 20.5. The van der Waals surface area contributed by atoms with E-state index in [0.29, 0.717) is 32.0 Å². The molecule has 2 aromatic rings. The largest absolute Gasteiger partial charge is 0.416 e. The molecule has 174 valence electrons. The van der Waals surface area contributed by atoms with Crippen LogP contribution in [0.25, 0.3) is 0 Å². The average molecular weight is 560 g/mol. The van der Waals surface area contributed by atoms with Crippen LogP contribution in [0.3, 0.4) is 0 Å². The number of alkyl halides is 3. The van der Waals surface area contributed by atoms with Crippen molar-refractivity contribution in [3.8, 4) is 0 Å². The molecule has 0 spiro atoms. The lowest BCUT2D eigenvalue weighted by Gasteiger charge is -2.23. The Balaban J connectivity index is 0.00000363. The van der Waals surface area contributed by atoms with Crippen molar-refractivity contribution in [3.63, 3.8) is 0 Å². The lowest BCUT2D eigenvalue weighted by Crippen LogP contribution is -2.38. The number of carbonyl (C=O) groups excluding carboxylic acids is 1. The number of nitrogens with one attached hydrogen (secondary N) is 1. The van der Waals surface area contributed by atoms with E-state index in [9.17, 15) is 18.0 Å². The maximum Gasteiger partial charge on any atom is 0.416 e. The van der Waals surface area contributed by atoms with Gasteiger partial charge in [-0.1, -0.05) is 36.4 Å². The van der Waals surface area contributed by atoms with Crippen LogP contribution in [0.4, 0.5) is 13.2 Å².